The van der Waals surface area contributed by atoms with E-state index in [-0.39, 0.29) is 0 Å². The number of benzene rings is 2. The van der Waals surface area contributed by atoms with Crippen LogP contribution in [0.1, 0.15) is 17.2 Å². The van der Waals surface area contributed by atoms with Gasteiger partial charge in [-0.2, -0.15) is 0 Å². The molecule has 1 unspecified atom stereocenters. The van der Waals surface area contributed by atoms with Crippen LogP contribution in [0.15, 0.2) is 60.8 Å². The minimum absolute atomic E-state index is 0.452. The summed E-state index contributed by atoms with van der Waals surface area (Å²) in [4.78, 5) is 4.14. The molecule has 0 fully saturated rings. The fraction of sp³-hybridized carbons (Fsp3) is 0.118. The van der Waals surface area contributed by atoms with E-state index in [0.717, 1.165) is 16.3 Å². The van der Waals surface area contributed by atoms with Gasteiger partial charge in [0.15, 0.2) is 0 Å². The molecule has 0 amide bonds. The molecule has 0 bridgehead atoms. The van der Waals surface area contributed by atoms with Crippen LogP contribution in [0.3, 0.4) is 0 Å². The Kier molecular flexibility index (Phi) is 3.35. The molecule has 0 aliphatic carbocycles. The maximum atomic E-state index is 10.7. The Morgan fingerprint density at radius 2 is 1.70 bits per heavy atom. The van der Waals surface area contributed by atoms with Gasteiger partial charge in [-0.3, -0.25) is 0 Å². The first-order chi connectivity index (χ1) is 9.81. The molecular weight excluding hydrogens is 250 g/mol. The van der Waals surface area contributed by atoms with E-state index in [1.807, 2.05) is 48.5 Å². The summed E-state index contributed by atoms with van der Waals surface area (Å²) < 4.78 is 5.23. The zero-order chi connectivity index (χ0) is 13.9. The van der Waals surface area contributed by atoms with E-state index in [9.17, 15) is 5.11 Å². The van der Waals surface area contributed by atoms with Gasteiger partial charge >= 0.3 is 0 Å². The first-order valence-electron chi connectivity index (χ1n) is 6.46. The van der Waals surface area contributed by atoms with Crippen LogP contribution in [0.2, 0.25) is 0 Å². The number of nitrogens with zero attached hydrogens (tertiary/aromatic N) is 1. The van der Waals surface area contributed by atoms with Crippen molar-refractivity contribution < 1.29 is 9.84 Å². The molecule has 3 rings (SSSR count). The van der Waals surface area contributed by atoms with Crippen LogP contribution in [0.4, 0.5) is 0 Å². The Balaban J connectivity index is 2.15. The molecule has 1 atom stereocenters. The Hall–Kier alpha value is -2.39. The maximum absolute atomic E-state index is 10.7. The van der Waals surface area contributed by atoms with Gasteiger partial charge in [-0.05, 0) is 28.5 Å². The smallest absolute Gasteiger partial charge is 0.219 e. The van der Waals surface area contributed by atoms with E-state index in [4.69, 9.17) is 4.74 Å². The number of rotatable bonds is 3. The highest BCUT2D eigenvalue weighted by Gasteiger charge is 2.17. The van der Waals surface area contributed by atoms with Crippen LogP contribution in [0, 0.1) is 0 Å². The molecule has 0 saturated heterocycles. The Morgan fingerprint density at radius 3 is 2.55 bits per heavy atom. The lowest BCUT2D eigenvalue weighted by atomic mass is 9.96. The quantitative estimate of drug-likeness (QED) is 0.790. The number of hydrogen-bond donors (Lipinski definition) is 1. The average molecular weight is 265 g/mol. The Morgan fingerprint density at radius 1 is 0.950 bits per heavy atom. The highest BCUT2D eigenvalue weighted by molar-refractivity contribution is 5.86. The summed E-state index contributed by atoms with van der Waals surface area (Å²) in [5.74, 6) is 0.452. The SMILES string of the molecule is COc1ncccc1C(O)c1cccc2ccccc12. The highest BCUT2D eigenvalue weighted by Crippen LogP contribution is 2.32. The van der Waals surface area contributed by atoms with Crippen LogP contribution < -0.4 is 4.74 Å². The standard InChI is InChI=1S/C17H15NO2/c1-20-17-15(10-5-11-18-17)16(19)14-9-4-7-12-6-2-3-8-13(12)14/h2-11,16,19H,1H3. The zero-order valence-electron chi connectivity index (χ0n) is 11.2. The highest BCUT2D eigenvalue weighted by atomic mass is 16.5. The largest absolute Gasteiger partial charge is 0.481 e. The van der Waals surface area contributed by atoms with E-state index in [2.05, 4.69) is 4.98 Å². The van der Waals surface area contributed by atoms with Crippen molar-refractivity contribution in [2.45, 2.75) is 6.10 Å². The molecule has 1 aromatic heterocycles. The Labute approximate surface area is 117 Å². The third-order valence-corrected chi connectivity index (χ3v) is 3.41. The number of ether oxygens (including phenoxy) is 1. The van der Waals surface area contributed by atoms with E-state index in [0.29, 0.717) is 11.4 Å². The molecule has 3 heteroatoms. The molecule has 100 valence electrons. The van der Waals surface area contributed by atoms with Crippen molar-refractivity contribution in [3.63, 3.8) is 0 Å². The van der Waals surface area contributed by atoms with Crippen molar-refractivity contribution in [3.8, 4) is 5.88 Å². The van der Waals surface area contributed by atoms with Gasteiger partial charge in [0, 0.05) is 11.8 Å². The molecule has 0 aliphatic rings. The minimum Gasteiger partial charge on any atom is -0.481 e. The monoisotopic (exact) mass is 265 g/mol. The summed E-state index contributed by atoms with van der Waals surface area (Å²) in [7, 11) is 1.56. The summed E-state index contributed by atoms with van der Waals surface area (Å²) in [6, 6.07) is 17.5. The van der Waals surface area contributed by atoms with Crippen LogP contribution in [-0.4, -0.2) is 17.2 Å². The normalized spacial score (nSPS) is 12.3. The van der Waals surface area contributed by atoms with Gasteiger partial charge < -0.3 is 9.84 Å². The molecule has 2 aromatic carbocycles. The number of pyridine rings is 1. The maximum Gasteiger partial charge on any atom is 0.219 e. The lowest BCUT2D eigenvalue weighted by Crippen LogP contribution is -2.04. The van der Waals surface area contributed by atoms with Gasteiger partial charge in [-0.15, -0.1) is 0 Å². The fourth-order valence-corrected chi connectivity index (χ4v) is 2.44. The van der Waals surface area contributed by atoms with E-state index in [1.54, 1.807) is 19.4 Å². The van der Waals surface area contributed by atoms with Gasteiger partial charge in [0.2, 0.25) is 5.88 Å². The van der Waals surface area contributed by atoms with Gasteiger partial charge in [0.1, 0.15) is 6.10 Å². The fourth-order valence-electron chi connectivity index (χ4n) is 2.44. The van der Waals surface area contributed by atoms with Crippen LogP contribution in [-0.2, 0) is 0 Å². The van der Waals surface area contributed by atoms with Crippen LogP contribution in [0.25, 0.3) is 10.8 Å². The lowest BCUT2D eigenvalue weighted by molar-refractivity contribution is 0.215. The van der Waals surface area contributed by atoms with Crippen molar-refractivity contribution in [2.24, 2.45) is 0 Å². The predicted octanol–water partition coefficient (Wildman–Crippen LogP) is 3.33. The molecule has 1 N–H and O–H groups in total. The second-order valence-corrected chi connectivity index (χ2v) is 4.57. The third kappa shape index (κ3) is 2.12. The molecule has 0 spiro atoms. The van der Waals surface area contributed by atoms with Gasteiger partial charge in [-0.25, -0.2) is 4.98 Å². The van der Waals surface area contributed by atoms with E-state index in [1.165, 1.54) is 0 Å². The minimum atomic E-state index is -0.759. The molecule has 0 aliphatic heterocycles. The first-order valence-corrected chi connectivity index (χ1v) is 6.46. The number of aliphatic hydroxyl groups excluding tert-OH is 1. The summed E-state index contributed by atoms with van der Waals surface area (Å²) in [5.41, 5.74) is 1.53. The van der Waals surface area contributed by atoms with E-state index < -0.39 is 6.10 Å². The lowest BCUT2D eigenvalue weighted by Gasteiger charge is -2.16. The van der Waals surface area contributed by atoms with Crippen molar-refractivity contribution in [1.82, 2.24) is 4.98 Å². The summed E-state index contributed by atoms with van der Waals surface area (Å²) >= 11 is 0. The molecule has 3 nitrogen and oxygen atoms in total. The molecule has 0 saturated carbocycles. The number of fused-ring (bicyclic) bond motifs is 1. The first kappa shape index (κ1) is 12.6. The van der Waals surface area contributed by atoms with Gasteiger partial charge in [-0.1, -0.05) is 42.5 Å². The second kappa shape index (κ2) is 5.31. The Bertz CT molecular complexity index is 734. The van der Waals surface area contributed by atoms with Crippen LogP contribution in [0.5, 0.6) is 5.88 Å². The van der Waals surface area contributed by atoms with Gasteiger partial charge in [0.25, 0.3) is 0 Å². The third-order valence-electron chi connectivity index (χ3n) is 3.41. The van der Waals surface area contributed by atoms with Crippen molar-refractivity contribution in [1.29, 1.82) is 0 Å². The average Bonchev–Trinajstić information content (AvgIpc) is 2.53. The molecule has 1 heterocycles. The van der Waals surface area contributed by atoms with E-state index >= 15 is 0 Å². The molecule has 0 radical (unpaired) electrons. The van der Waals surface area contributed by atoms with Crippen molar-refractivity contribution in [3.05, 3.63) is 71.9 Å². The number of aliphatic hydroxyl groups is 1. The van der Waals surface area contributed by atoms with Crippen molar-refractivity contribution in [2.75, 3.05) is 7.11 Å². The topological polar surface area (TPSA) is 42.4 Å². The summed E-state index contributed by atoms with van der Waals surface area (Å²) in [6.07, 6.45) is 0.891. The molecule has 3 aromatic rings. The predicted molar refractivity (Wildman–Crippen MR) is 78.8 cm³/mol. The number of methoxy groups -OCH3 is 1. The number of aromatic nitrogens is 1. The van der Waals surface area contributed by atoms with Crippen LogP contribution >= 0.6 is 0 Å². The molecule has 20 heavy (non-hydrogen) atoms. The second-order valence-electron chi connectivity index (χ2n) is 4.57. The molecular formula is C17H15NO2. The van der Waals surface area contributed by atoms with Gasteiger partial charge in [0.05, 0.1) is 7.11 Å². The number of hydrogen-bond acceptors (Lipinski definition) is 3. The summed E-state index contributed by atoms with van der Waals surface area (Å²) in [6.45, 7) is 0. The summed E-state index contributed by atoms with van der Waals surface area (Å²) in [5, 5.41) is 12.8. The zero-order valence-corrected chi connectivity index (χ0v) is 11.2. The van der Waals surface area contributed by atoms with Crippen molar-refractivity contribution >= 4 is 10.8 Å².